The van der Waals surface area contributed by atoms with Crippen molar-refractivity contribution in [2.75, 3.05) is 37.2 Å². The summed E-state index contributed by atoms with van der Waals surface area (Å²) in [7, 11) is -3.38. The van der Waals surface area contributed by atoms with Crippen LogP contribution in [0, 0.1) is 0 Å². The van der Waals surface area contributed by atoms with Crippen LogP contribution in [0.5, 0.6) is 5.75 Å². The summed E-state index contributed by atoms with van der Waals surface area (Å²) in [4.78, 5) is 16.9. The minimum atomic E-state index is -3.38. The zero-order chi connectivity index (χ0) is 28.3. The van der Waals surface area contributed by atoms with Crippen molar-refractivity contribution in [3.8, 4) is 5.75 Å². The number of thiophene rings is 1. The molecule has 0 radical (unpaired) electrons. The second-order valence-corrected chi connectivity index (χ2v) is 13.0. The van der Waals surface area contributed by atoms with Crippen LogP contribution in [0.2, 0.25) is 0 Å². The number of halogens is 1. The molecule has 2 aromatic carbocycles. The van der Waals surface area contributed by atoms with Gasteiger partial charge in [0.05, 0.1) is 17.7 Å². The van der Waals surface area contributed by atoms with E-state index in [1.54, 1.807) is 6.07 Å². The van der Waals surface area contributed by atoms with Crippen LogP contribution < -0.4 is 9.46 Å². The Hall–Kier alpha value is -2.13. The van der Waals surface area contributed by atoms with Gasteiger partial charge in [0, 0.05) is 22.5 Å². The molecule has 0 saturated carbocycles. The van der Waals surface area contributed by atoms with Gasteiger partial charge >= 0.3 is 0 Å². The van der Waals surface area contributed by atoms with E-state index < -0.39 is 10.0 Å². The van der Waals surface area contributed by atoms with Crippen molar-refractivity contribution >= 4 is 55.3 Å². The summed E-state index contributed by atoms with van der Waals surface area (Å²) in [5, 5.41) is 0.942. The summed E-state index contributed by atoms with van der Waals surface area (Å²) in [5.41, 5.74) is 2.14. The monoisotopic (exact) mass is 608 g/mol. The Bertz CT molecular complexity index is 1300. The number of hydrogen-bond acceptors (Lipinski definition) is 6. The molecule has 1 N–H and O–H groups in total. The number of nitrogens with one attached hydrogen (secondary N) is 1. The lowest BCUT2D eigenvalue weighted by Gasteiger charge is -2.21. The molecule has 0 amide bonds. The number of carbonyl (C=O) groups is 1. The van der Waals surface area contributed by atoms with Gasteiger partial charge in [-0.1, -0.05) is 40.0 Å². The molecule has 0 spiro atoms. The van der Waals surface area contributed by atoms with E-state index in [1.165, 1.54) is 37.0 Å². The molecule has 1 heterocycles. The minimum Gasteiger partial charge on any atom is -0.494 e. The highest BCUT2D eigenvalue weighted by atomic mass is 35.5. The van der Waals surface area contributed by atoms with Crippen molar-refractivity contribution in [3.63, 3.8) is 0 Å². The van der Waals surface area contributed by atoms with Gasteiger partial charge in [0.15, 0.2) is 0 Å². The third-order valence-corrected chi connectivity index (χ3v) is 8.56. The Kier molecular flexibility index (Phi) is 14.5. The van der Waals surface area contributed by atoms with Crippen LogP contribution in [-0.2, 0) is 16.4 Å². The maximum Gasteiger partial charge on any atom is 0.229 e. The average molecular weight is 609 g/mol. The molecule has 1 aromatic heterocycles. The largest absolute Gasteiger partial charge is 0.494 e. The topological polar surface area (TPSA) is 75.7 Å². The molecule has 9 heteroatoms. The first kappa shape index (κ1) is 34.1. The second-order valence-electron chi connectivity index (χ2n) is 10.2. The number of anilines is 1. The second kappa shape index (κ2) is 17.0. The SMILES string of the molecule is CCCCc1c(C(=O)c2ccc(OCCCN(CCCC)CCCC)cc2)sc2ccc(NS(C)(=O)=O)cc12.Cl. The van der Waals surface area contributed by atoms with Crippen molar-refractivity contribution in [2.45, 2.75) is 72.1 Å². The maximum atomic E-state index is 13.6. The normalized spacial score (nSPS) is 11.5. The van der Waals surface area contributed by atoms with Crippen LogP contribution in [0.3, 0.4) is 0 Å². The highest BCUT2D eigenvalue weighted by Crippen LogP contribution is 2.36. The Balaban J connectivity index is 0.00000560. The molecule has 0 atom stereocenters. The van der Waals surface area contributed by atoms with Crippen molar-refractivity contribution in [1.82, 2.24) is 4.90 Å². The summed E-state index contributed by atoms with van der Waals surface area (Å²) in [6, 6.07) is 12.9. The van der Waals surface area contributed by atoms with Gasteiger partial charge < -0.3 is 9.64 Å². The van der Waals surface area contributed by atoms with Crippen LogP contribution in [0.1, 0.15) is 86.5 Å². The lowest BCUT2D eigenvalue weighted by atomic mass is 10.00. The predicted molar refractivity (Wildman–Crippen MR) is 172 cm³/mol. The molecule has 3 rings (SSSR count). The number of hydrogen-bond donors (Lipinski definition) is 1. The van der Waals surface area contributed by atoms with Gasteiger partial charge in [-0.15, -0.1) is 23.7 Å². The lowest BCUT2D eigenvalue weighted by molar-refractivity contribution is 0.104. The quantitative estimate of drug-likeness (QED) is 0.117. The molecule has 0 saturated heterocycles. The Labute approximate surface area is 251 Å². The number of benzene rings is 2. The molecule has 6 nitrogen and oxygen atoms in total. The summed E-state index contributed by atoms with van der Waals surface area (Å²) in [5.74, 6) is 0.772. The number of unbranched alkanes of at least 4 members (excludes halogenated alkanes) is 3. The molecule has 3 aromatic rings. The molecule has 0 aliphatic heterocycles. The number of ether oxygens (including phenoxy) is 1. The first-order valence-corrected chi connectivity index (χ1v) is 17.0. The summed E-state index contributed by atoms with van der Waals surface area (Å²) in [6.45, 7) is 10.6. The molecule has 0 aliphatic rings. The number of aryl methyl sites for hydroxylation is 1. The molecule has 0 aliphatic carbocycles. The summed E-state index contributed by atoms with van der Waals surface area (Å²) < 4.78 is 33.0. The van der Waals surface area contributed by atoms with E-state index in [2.05, 4.69) is 30.4 Å². The number of nitrogens with zero attached hydrogens (tertiary/aromatic N) is 1. The van der Waals surface area contributed by atoms with E-state index in [-0.39, 0.29) is 18.2 Å². The highest BCUT2D eigenvalue weighted by molar-refractivity contribution is 7.92. The van der Waals surface area contributed by atoms with Crippen molar-refractivity contribution in [2.24, 2.45) is 0 Å². The van der Waals surface area contributed by atoms with E-state index in [0.717, 1.165) is 77.8 Å². The third-order valence-electron chi connectivity index (χ3n) is 6.74. The number of rotatable bonds is 18. The smallest absolute Gasteiger partial charge is 0.229 e. The zero-order valence-corrected chi connectivity index (χ0v) is 26.8. The maximum absolute atomic E-state index is 13.6. The van der Waals surface area contributed by atoms with Gasteiger partial charge in [0.1, 0.15) is 5.75 Å². The van der Waals surface area contributed by atoms with Crippen LogP contribution in [0.4, 0.5) is 5.69 Å². The van der Waals surface area contributed by atoms with Crippen molar-refractivity contribution < 1.29 is 17.9 Å². The summed E-state index contributed by atoms with van der Waals surface area (Å²) >= 11 is 1.48. The fraction of sp³-hybridized carbons (Fsp3) is 0.516. The van der Waals surface area contributed by atoms with Crippen molar-refractivity contribution in [1.29, 1.82) is 0 Å². The predicted octanol–water partition coefficient (Wildman–Crippen LogP) is 7.94. The third kappa shape index (κ3) is 10.4. The van der Waals surface area contributed by atoms with Crippen LogP contribution >= 0.6 is 23.7 Å². The number of fused-ring (bicyclic) bond motifs is 1. The fourth-order valence-corrected chi connectivity index (χ4v) is 6.37. The van der Waals surface area contributed by atoms with E-state index in [4.69, 9.17) is 4.74 Å². The molecular weight excluding hydrogens is 564 g/mol. The van der Waals surface area contributed by atoms with Crippen LogP contribution in [0.15, 0.2) is 42.5 Å². The van der Waals surface area contributed by atoms with E-state index in [9.17, 15) is 13.2 Å². The molecule has 222 valence electrons. The van der Waals surface area contributed by atoms with Gasteiger partial charge in [0.25, 0.3) is 0 Å². The molecule has 40 heavy (non-hydrogen) atoms. The summed E-state index contributed by atoms with van der Waals surface area (Å²) in [6.07, 6.45) is 9.75. The zero-order valence-electron chi connectivity index (χ0n) is 24.3. The van der Waals surface area contributed by atoms with Gasteiger partial charge in [-0.3, -0.25) is 9.52 Å². The lowest BCUT2D eigenvalue weighted by Crippen LogP contribution is -2.28. The van der Waals surface area contributed by atoms with E-state index >= 15 is 0 Å². The van der Waals surface area contributed by atoms with Crippen LogP contribution in [0.25, 0.3) is 10.1 Å². The molecule has 0 bridgehead atoms. The van der Waals surface area contributed by atoms with Crippen molar-refractivity contribution in [3.05, 3.63) is 58.5 Å². The number of carbonyl (C=O) groups excluding carboxylic acids is 1. The first-order valence-electron chi connectivity index (χ1n) is 14.3. The standard InChI is InChI=1S/C31H44N2O4S2.ClH/c1-5-8-12-27-28-23-25(32-39(4,35)36)15-18-29(28)38-31(27)30(34)24-13-16-26(17-14-24)37-22-11-21-33(19-9-6-2)20-10-7-3;/h13-18,23,32H,5-12,19-22H2,1-4H3;1H. The van der Waals surface area contributed by atoms with Gasteiger partial charge in [-0.2, -0.15) is 0 Å². The Morgan fingerprint density at radius 1 is 0.900 bits per heavy atom. The van der Waals surface area contributed by atoms with Gasteiger partial charge in [-0.25, -0.2) is 8.42 Å². The van der Waals surface area contributed by atoms with Gasteiger partial charge in [-0.05, 0) is 98.6 Å². The van der Waals surface area contributed by atoms with E-state index in [1.807, 2.05) is 36.4 Å². The average Bonchev–Trinajstić information content (AvgIpc) is 3.27. The molecule has 0 unspecified atom stereocenters. The van der Waals surface area contributed by atoms with E-state index in [0.29, 0.717) is 17.9 Å². The number of ketones is 1. The number of sulfonamides is 1. The highest BCUT2D eigenvalue weighted by Gasteiger charge is 2.20. The first-order chi connectivity index (χ1) is 18.8. The Morgan fingerprint density at radius 3 is 2.12 bits per heavy atom. The molecule has 0 fully saturated rings. The molecular formula is C31H45ClN2O4S2. The van der Waals surface area contributed by atoms with Gasteiger partial charge in [0.2, 0.25) is 15.8 Å². The fourth-order valence-electron chi connectivity index (χ4n) is 4.62. The minimum absolute atomic E-state index is 0. The van der Waals surface area contributed by atoms with Crippen LogP contribution in [-0.4, -0.2) is 51.6 Å². The Morgan fingerprint density at radius 2 is 1.52 bits per heavy atom.